The number of carbonyl (C=O) groups excluding carboxylic acids is 1. The van der Waals surface area contributed by atoms with Crippen LogP contribution in [-0.4, -0.2) is 65.8 Å². The van der Waals surface area contributed by atoms with Gasteiger partial charge in [0.1, 0.15) is 0 Å². The van der Waals surface area contributed by atoms with Crippen LogP contribution in [0.5, 0.6) is 0 Å². The van der Waals surface area contributed by atoms with Crippen LogP contribution in [0.15, 0.2) is 36.1 Å². The van der Waals surface area contributed by atoms with Gasteiger partial charge in [-0.3, -0.25) is 14.8 Å². The Hall–Kier alpha value is -3.55. The molecular weight excluding hydrogens is 529 g/mol. The summed E-state index contributed by atoms with van der Waals surface area (Å²) in [5.41, 5.74) is 2.80. The smallest absolute Gasteiger partial charge is 0.369 e. The first-order valence-electron chi connectivity index (χ1n) is 12.4. The highest BCUT2D eigenvalue weighted by Gasteiger charge is 2.35. The maximum atomic E-state index is 14.0. The molecule has 0 unspecified atom stereocenters. The van der Waals surface area contributed by atoms with Gasteiger partial charge in [-0.2, -0.15) is 13.2 Å². The minimum Gasteiger partial charge on any atom is -0.369 e. The fraction of sp³-hybridized carbons (Fsp3) is 0.385. The van der Waals surface area contributed by atoms with Gasteiger partial charge in [0, 0.05) is 49.9 Å². The SMILES string of the molecule is CCN1CCN(c2cc(NC(=O)c3cnc(C)c(N(N)CC(=N)c4cncs4)c3)cc(C(F)(F)F)c2C)CC1. The Morgan fingerprint density at radius 2 is 1.90 bits per heavy atom. The van der Waals surface area contributed by atoms with E-state index in [4.69, 9.17) is 11.3 Å². The van der Waals surface area contributed by atoms with Gasteiger partial charge in [-0.25, -0.2) is 5.84 Å². The number of halogens is 3. The molecule has 0 saturated carbocycles. The van der Waals surface area contributed by atoms with E-state index in [2.05, 4.69) is 27.1 Å². The number of hydrogen-bond acceptors (Lipinski definition) is 9. The maximum Gasteiger partial charge on any atom is 0.416 e. The number of nitrogens with zero attached hydrogens (tertiary/aromatic N) is 5. The van der Waals surface area contributed by atoms with E-state index in [-0.39, 0.29) is 29.1 Å². The van der Waals surface area contributed by atoms with Crippen molar-refractivity contribution in [3.05, 3.63) is 63.4 Å². The molecule has 208 valence electrons. The molecule has 1 aliphatic rings. The second-order valence-electron chi connectivity index (χ2n) is 9.34. The number of pyridine rings is 1. The zero-order valence-electron chi connectivity index (χ0n) is 22.0. The first-order valence-corrected chi connectivity index (χ1v) is 13.3. The molecule has 2 aromatic heterocycles. The number of nitrogens with one attached hydrogen (secondary N) is 2. The zero-order valence-corrected chi connectivity index (χ0v) is 22.8. The molecule has 0 spiro atoms. The fourth-order valence-electron chi connectivity index (χ4n) is 4.54. The number of hydrazine groups is 1. The van der Waals surface area contributed by atoms with E-state index in [1.54, 1.807) is 24.7 Å². The van der Waals surface area contributed by atoms with Crippen LogP contribution < -0.4 is 21.1 Å². The van der Waals surface area contributed by atoms with Crippen molar-refractivity contribution in [2.24, 2.45) is 5.84 Å². The Labute approximate surface area is 228 Å². The van der Waals surface area contributed by atoms with Gasteiger partial charge in [-0.1, -0.05) is 6.92 Å². The summed E-state index contributed by atoms with van der Waals surface area (Å²) in [5.74, 6) is 5.58. The molecule has 1 saturated heterocycles. The molecule has 13 heteroatoms. The molecule has 1 fully saturated rings. The summed E-state index contributed by atoms with van der Waals surface area (Å²) in [6.07, 6.45) is -1.66. The van der Waals surface area contributed by atoms with E-state index in [1.807, 2.05) is 4.90 Å². The highest BCUT2D eigenvalue weighted by atomic mass is 32.1. The molecule has 4 N–H and O–H groups in total. The van der Waals surface area contributed by atoms with Crippen LogP contribution in [0.25, 0.3) is 0 Å². The Kier molecular flexibility index (Phi) is 8.52. The predicted molar refractivity (Wildman–Crippen MR) is 148 cm³/mol. The quantitative estimate of drug-likeness (QED) is 0.214. The number of aromatic nitrogens is 2. The lowest BCUT2D eigenvalue weighted by Gasteiger charge is -2.37. The second kappa shape index (κ2) is 11.7. The highest BCUT2D eigenvalue weighted by molar-refractivity contribution is 7.11. The largest absolute Gasteiger partial charge is 0.416 e. The molecule has 39 heavy (non-hydrogen) atoms. The summed E-state index contributed by atoms with van der Waals surface area (Å²) in [7, 11) is 0. The van der Waals surface area contributed by atoms with Crippen molar-refractivity contribution >= 4 is 40.0 Å². The van der Waals surface area contributed by atoms with Crippen molar-refractivity contribution in [3.63, 3.8) is 0 Å². The van der Waals surface area contributed by atoms with E-state index in [1.165, 1.54) is 35.5 Å². The van der Waals surface area contributed by atoms with Crippen LogP contribution in [0, 0.1) is 19.3 Å². The first-order chi connectivity index (χ1) is 18.5. The van der Waals surface area contributed by atoms with Crippen molar-refractivity contribution in [1.82, 2.24) is 14.9 Å². The number of hydrogen-bond donors (Lipinski definition) is 3. The van der Waals surface area contributed by atoms with Crippen molar-refractivity contribution < 1.29 is 18.0 Å². The number of amides is 1. The topological polar surface area (TPSA) is 114 Å². The number of aryl methyl sites for hydroxylation is 1. The van der Waals surface area contributed by atoms with Gasteiger partial charge in [-0.05, 0) is 44.2 Å². The van der Waals surface area contributed by atoms with Gasteiger partial charge in [0.05, 0.1) is 45.2 Å². The second-order valence-corrected chi connectivity index (χ2v) is 10.2. The number of anilines is 3. The number of piperazine rings is 1. The molecule has 0 aliphatic carbocycles. The van der Waals surface area contributed by atoms with Gasteiger partial charge in [-0.15, -0.1) is 11.3 Å². The lowest BCUT2D eigenvalue weighted by atomic mass is 10.0. The van der Waals surface area contributed by atoms with Crippen LogP contribution >= 0.6 is 11.3 Å². The third-order valence-corrected chi connectivity index (χ3v) is 7.63. The molecule has 1 amide bonds. The number of thiazole rings is 1. The first kappa shape index (κ1) is 28.5. The van der Waals surface area contributed by atoms with Crippen LogP contribution in [0.4, 0.5) is 30.2 Å². The van der Waals surface area contributed by atoms with Crippen molar-refractivity contribution in [2.45, 2.75) is 26.9 Å². The average molecular weight is 561 g/mol. The lowest BCUT2D eigenvalue weighted by molar-refractivity contribution is -0.138. The van der Waals surface area contributed by atoms with E-state index in [0.717, 1.165) is 25.7 Å². The molecule has 0 atom stereocenters. The number of alkyl halides is 3. The van der Waals surface area contributed by atoms with Gasteiger partial charge >= 0.3 is 6.18 Å². The Bertz CT molecular complexity index is 1340. The third kappa shape index (κ3) is 6.54. The van der Waals surface area contributed by atoms with Crippen LogP contribution in [0.1, 0.15) is 39.0 Å². The number of rotatable bonds is 8. The van der Waals surface area contributed by atoms with Gasteiger partial charge in [0.15, 0.2) is 0 Å². The van der Waals surface area contributed by atoms with Crippen molar-refractivity contribution in [3.8, 4) is 0 Å². The van der Waals surface area contributed by atoms with Crippen molar-refractivity contribution in [1.29, 1.82) is 5.41 Å². The third-order valence-electron chi connectivity index (χ3n) is 6.79. The van der Waals surface area contributed by atoms with Gasteiger partial charge in [0.2, 0.25) is 0 Å². The van der Waals surface area contributed by atoms with Crippen LogP contribution in [0.2, 0.25) is 0 Å². The molecule has 1 aliphatic heterocycles. The monoisotopic (exact) mass is 560 g/mol. The molecule has 0 radical (unpaired) electrons. The van der Waals surface area contributed by atoms with Gasteiger partial charge in [0.25, 0.3) is 5.91 Å². The number of nitrogens with two attached hydrogens (primary N) is 1. The minimum absolute atomic E-state index is 0.0459. The molecule has 4 rings (SSSR count). The Morgan fingerprint density at radius 1 is 1.18 bits per heavy atom. The van der Waals surface area contributed by atoms with E-state index >= 15 is 0 Å². The lowest BCUT2D eigenvalue weighted by Crippen LogP contribution is -2.46. The molecule has 3 aromatic rings. The maximum absolute atomic E-state index is 14.0. The number of likely N-dealkylation sites (N-methyl/N-ethyl adjacent to an activating group) is 1. The Morgan fingerprint density at radius 3 is 2.51 bits per heavy atom. The summed E-state index contributed by atoms with van der Waals surface area (Å²) in [6, 6.07) is 4.08. The van der Waals surface area contributed by atoms with Crippen LogP contribution in [0.3, 0.4) is 0 Å². The highest BCUT2D eigenvalue weighted by Crippen LogP contribution is 2.39. The average Bonchev–Trinajstić information content (AvgIpc) is 3.44. The molecule has 0 bridgehead atoms. The normalized spacial score (nSPS) is 14.4. The summed E-state index contributed by atoms with van der Waals surface area (Å²) < 4.78 is 41.9. The predicted octanol–water partition coefficient (Wildman–Crippen LogP) is 4.32. The summed E-state index contributed by atoms with van der Waals surface area (Å²) in [4.78, 5) is 26.2. The Balaban J connectivity index is 1.58. The van der Waals surface area contributed by atoms with Crippen LogP contribution in [-0.2, 0) is 6.18 Å². The minimum atomic E-state index is -4.58. The molecule has 9 nitrogen and oxygen atoms in total. The fourth-order valence-corrected chi connectivity index (χ4v) is 5.10. The molecule has 1 aromatic carbocycles. The number of carbonyl (C=O) groups is 1. The standard InChI is InChI=1S/C26H31F3N8OS/c1-4-35-5-7-36(8-6-35)22-11-19(10-20(16(22)2)26(27,28)29)34-25(38)18-9-23(17(3)33-12-18)37(31)14-21(30)24-13-32-15-39-24/h9-13,15,30H,4-8,14,31H2,1-3H3,(H,34,38). The van der Waals surface area contributed by atoms with E-state index in [9.17, 15) is 18.0 Å². The van der Waals surface area contributed by atoms with Gasteiger partial charge < -0.3 is 25.5 Å². The summed E-state index contributed by atoms with van der Waals surface area (Å²) >= 11 is 1.31. The summed E-state index contributed by atoms with van der Waals surface area (Å²) in [5, 5.41) is 12.2. The van der Waals surface area contributed by atoms with E-state index < -0.39 is 17.6 Å². The van der Waals surface area contributed by atoms with Crippen molar-refractivity contribution in [2.75, 3.05) is 54.5 Å². The number of benzene rings is 1. The van der Waals surface area contributed by atoms with E-state index in [0.29, 0.717) is 35.0 Å². The summed E-state index contributed by atoms with van der Waals surface area (Å²) in [6.45, 7) is 8.87. The zero-order chi connectivity index (χ0) is 28.3. The molecule has 3 heterocycles. The molecular formula is C26H31F3N8OS.